The standard InChI is InChI=1S/C25H30F4NO3.C2H6O.Y/c1-17-6-8-21(26)19(13-17)5-4-12-31-22-9-7-18(14-20(22)25(27,28)29)10-11-24(30)15-32-23(2,3)33-16-24;1-2-3;/h6-9,13-14,30H,4-5,10-12,15-16H2,1-3H3;3H,2H2,1H3;/q-1;;. The van der Waals surface area contributed by atoms with E-state index in [1.807, 2.05) is 6.92 Å². The zero-order chi connectivity index (χ0) is 27.0. The molecule has 1 heterocycles. The first-order chi connectivity index (χ1) is 16.8. The number of ether oxygens (including phenoxy) is 3. The first kappa shape index (κ1) is 33.9. The molecule has 3 rings (SSSR count). The molecule has 1 aliphatic rings. The molecule has 1 saturated heterocycles. The molecule has 0 bridgehead atoms. The Morgan fingerprint density at radius 3 is 2.27 bits per heavy atom. The predicted octanol–water partition coefficient (Wildman–Crippen LogP) is 6.67. The Labute approximate surface area is 241 Å². The quantitative estimate of drug-likeness (QED) is 0.271. The zero-order valence-corrected chi connectivity index (χ0v) is 24.7. The van der Waals surface area contributed by atoms with Gasteiger partial charge in [0.25, 0.3) is 0 Å². The Morgan fingerprint density at radius 2 is 1.68 bits per heavy atom. The summed E-state index contributed by atoms with van der Waals surface area (Å²) in [6.45, 7) is 7.67. The fourth-order valence-corrected chi connectivity index (χ4v) is 3.66. The van der Waals surface area contributed by atoms with Gasteiger partial charge in [-0.2, -0.15) is 13.2 Å². The molecule has 10 heteroatoms. The summed E-state index contributed by atoms with van der Waals surface area (Å²) in [6.07, 6.45) is -3.22. The van der Waals surface area contributed by atoms with Crippen LogP contribution in [0.1, 0.15) is 55.9 Å². The largest absolute Gasteiger partial charge is 0.668 e. The molecular formula is C27H36F4NO4Y-. The van der Waals surface area contributed by atoms with Crippen LogP contribution in [0.2, 0.25) is 0 Å². The molecule has 2 aromatic rings. The van der Waals surface area contributed by atoms with Gasteiger partial charge in [0.05, 0.1) is 12.2 Å². The van der Waals surface area contributed by atoms with E-state index in [4.69, 9.17) is 25.1 Å². The van der Waals surface area contributed by atoms with Crippen molar-refractivity contribution >= 4 is 0 Å². The third kappa shape index (κ3) is 11.3. The van der Waals surface area contributed by atoms with E-state index in [1.54, 1.807) is 39.0 Å². The van der Waals surface area contributed by atoms with Crippen molar-refractivity contribution in [2.45, 2.75) is 70.9 Å². The van der Waals surface area contributed by atoms with Gasteiger partial charge in [-0.3, -0.25) is 0 Å². The molecule has 1 radical (unpaired) electrons. The van der Waals surface area contributed by atoms with Gasteiger partial charge in [0.15, 0.2) is 5.79 Å². The van der Waals surface area contributed by atoms with Crippen molar-refractivity contribution in [1.29, 1.82) is 0 Å². The normalized spacial score (nSPS) is 16.3. The van der Waals surface area contributed by atoms with Crippen LogP contribution in [0.15, 0.2) is 36.4 Å². The Hall–Kier alpha value is -1.10. The summed E-state index contributed by atoms with van der Waals surface area (Å²) in [4.78, 5) is 0. The third-order valence-electron chi connectivity index (χ3n) is 5.68. The van der Waals surface area contributed by atoms with Crippen LogP contribution in [-0.4, -0.2) is 42.9 Å². The SMILES string of the molecule is CCO.Cc1ccc(F)c(CCCOc2ccc(CCC3([NH-])COC(C)(C)OC3)cc2C(F)(F)F)c1.[Y]. The van der Waals surface area contributed by atoms with Crippen molar-refractivity contribution in [2.75, 3.05) is 26.4 Å². The number of rotatable bonds is 8. The van der Waals surface area contributed by atoms with Crippen molar-refractivity contribution in [3.05, 3.63) is 70.2 Å². The van der Waals surface area contributed by atoms with E-state index in [0.29, 0.717) is 30.4 Å². The van der Waals surface area contributed by atoms with Gasteiger partial charge in [0.2, 0.25) is 0 Å². The average molecular weight is 603 g/mol. The van der Waals surface area contributed by atoms with Gasteiger partial charge >= 0.3 is 6.18 Å². The van der Waals surface area contributed by atoms with Crippen molar-refractivity contribution in [2.24, 2.45) is 0 Å². The van der Waals surface area contributed by atoms with E-state index in [-0.39, 0.29) is 77.1 Å². The summed E-state index contributed by atoms with van der Waals surface area (Å²) in [5.74, 6) is -1.33. The number of nitrogens with one attached hydrogen (secondary N) is 1. The minimum atomic E-state index is -4.58. The molecule has 5 nitrogen and oxygen atoms in total. The second-order valence-electron chi connectivity index (χ2n) is 9.45. The number of aliphatic hydroxyl groups excluding tert-OH is 1. The summed E-state index contributed by atoms with van der Waals surface area (Å²) in [7, 11) is 0. The fourth-order valence-electron chi connectivity index (χ4n) is 3.66. The number of alkyl halides is 3. The number of halogens is 4. The summed E-state index contributed by atoms with van der Waals surface area (Å²) in [5, 5.41) is 7.57. The first-order valence-electron chi connectivity index (χ1n) is 12.0. The van der Waals surface area contributed by atoms with Gasteiger partial charge in [-0.15, -0.1) is 0 Å². The molecule has 0 aromatic heterocycles. The molecule has 0 aliphatic carbocycles. The molecule has 1 aliphatic heterocycles. The van der Waals surface area contributed by atoms with Gasteiger partial charge < -0.3 is 25.1 Å². The number of hydrogen-bond acceptors (Lipinski definition) is 4. The maximum Gasteiger partial charge on any atom is 0.419 e. The topological polar surface area (TPSA) is 71.7 Å². The van der Waals surface area contributed by atoms with E-state index < -0.39 is 23.1 Å². The summed E-state index contributed by atoms with van der Waals surface area (Å²) >= 11 is 0. The van der Waals surface area contributed by atoms with Crippen molar-refractivity contribution in [3.8, 4) is 5.75 Å². The Bertz CT molecular complexity index is 975. The van der Waals surface area contributed by atoms with Crippen molar-refractivity contribution in [3.63, 3.8) is 0 Å². The van der Waals surface area contributed by atoms with Gasteiger partial charge in [-0.1, -0.05) is 35.7 Å². The van der Waals surface area contributed by atoms with Crippen LogP contribution in [0.3, 0.4) is 0 Å². The summed E-state index contributed by atoms with van der Waals surface area (Å²) in [6, 6.07) is 8.77. The molecule has 0 unspecified atom stereocenters. The van der Waals surface area contributed by atoms with Crippen LogP contribution < -0.4 is 4.74 Å². The Balaban J connectivity index is 0.00000163. The average Bonchev–Trinajstić information content (AvgIpc) is 2.80. The minimum Gasteiger partial charge on any atom is -0.668 e. The van der Waals surface area contributed by atoms with E-state index in [2.05, 4.69) is 0 Å². The molecule has 0 amide bonds. The summed E-state index contributed by atoms with van der Waals surface area (Å²) in [5.41, 5.74) is 8.51. The number of benzene rings is 2. The van der Waals surface area contributed by atoms with Gasteiger partial charge in [0.1, 0.15) is 11.6 Å². The molecule has 0 atom stereocenters. The van der Waals surface area contributed by atoms with Crippen LogP contribution in [-0.2, 0) is 61.2 Å². The zero-order valence-electron chi connectivity index (χ0n) is 21.9. The predicted molar refractivity (Wildman–Crippen MR) is 131 cm³/mol. The van der Waals surface area contributed by atoms with Crippen LogP contribution in [0.4, 0.5) is 17.6 Å². The van der Waals surface area contributed by atoms with Crippen molar-refractivity contribution < 1.29 is 69.6 Å². The van der Waals surface area contributed by atoms with Gasteiger partial charge in [0, 0.05) is 52.5 Å². The Morgan fingerprint density at radius 1 is 1.05 bits per heavy atom. The Kier molecular flexibility index (Phi) is 13.7. The van der Waals surface area contributed by atoms with Crippen LogP contribution >= 0.6 is 0 Å². The minimum absolute atomic E-state index is 0. The molecule has 205 valence electrons. The molecule has 37 heavy (non-hydrogen) atoms. The number of aliphatic hydroxyl groups is 1. The van der Waals surface area contributed by atoms with Crippen molar-refractivity contribution in [1.82, 2.24) is 0 Å². The van der Waals surface area contributed by atoms with E-state index >= 15 is 0 Å². The van der Waals surface area contributed by atoms with Crippen LogP contribution in [0, 0.1) is 12.7 Å². The van der Waals surface area contributed by atoms with E-state index in [0.717, 1.165) is 11.6 Å². The molecule has 2 N–H and O–H groups in total. The first-order valence-corrected chi connectivity index (χ1v) is 12.0. The maximum atomic E-state index is 13.8. The van der Waals surface area contributed by atoms with Crippen LogP contribution in [0.25, 0.3) is 5.73 Å². The fraction of sp³-hybridized carbons (Fsp3) is 0.556. The van der Waals surface area contributed by atoms with Gasteiger partial charge in [-0.25, -0.2) is 4.39 Å². The number of hydrogen-bond donors (Lipinski definition) is 1. The number of aryl methyl sites for hydroxylation is 3. The second-order valence-corrected chi connectivity index (χ2v) is 9.45. The van der Waals surface area contributed by atoms with E-state index in [9.17, 15) is 17.6 Å². The summed E-state index contributed by atoms with van der Waals surface area (Å²) < 4.78 is 71.3. The smallest absolute Gasteiger partial charge is 0.419 e. The molecule has 0 saturated carbocycles. The molecular weight excluding hydrogens is 567 g/mol. The van der Waals surface area contributed by atoms with E-state index in [1.165, 1.54) is 12.1 Å². The maximum absolute atomic E-state index is 13.8. The second kappa shape index (κ2) is 14.9. The van der Waals surface area contributed by atoms with Gasteiger partial charge in [-0.05, 0) is 76.3 Å². The molecule has 2 aromatic carbocycles. The third-order valence-corrected chi connectivity index (χ3v) is 5.68. The molecule has 1 fully saturated rings. The van der Waals surface area contributed by atoms with Crippen LogP contribution in [0.5, 0.6) is 5.75 Å². The monoisotopic (exact) mass is 603 g/mol. The molecule has 0 spiro atoms.